The molecule has 1 atom stereocenters. The molecule has 90 valence electrons. The molecular weight excluding hydrogens is 232 g/mol. The highest BCUT2D eigenvalue weighted by atomic mass is 32.1. The standard InChI is InChI=1S/C13H16N2OS/c1-8(14)12-9(2)15-13(17-12)10-4-6-11(16-3)7-5-10/h4-8H,14H2,1-3H3. The predicted molar refractivity (Wildman–Crippen MR) is 71.4 cm³/mol. The number of aromatic nitrogens is 1. The van der Waals surface area contributed by atoms with Crippen LogP contribution in [0.2, 0.25) is 0 Å². The zero-order chi connectivity index (χ0) is 12.4. The van der Waals surface area contributed by atoms with Gasteiger partial charge < -0.3 is 10.5 Å². The summed E-state index contributed by atoms with van der Waals surface area (Å²) in [6.07, 6.45) is 0. The molecule has 0 amide bonds. The molecule has 2 aromatic rings. The van der Waals surface area contributed by atoms with Crippen LogP contribution in [0.1, 0.15) is 23.5 Å². The first kappa shape index (κ1) is 12.1. The second-order valence-corrected chi connectivity index (χ2v) is 5.02. The molecule has 1 aromatic heterocycles. The Kier molecular flexibility index (Phi) is 3.45. The molecule has 0 bridgehead atoms. The SMILES string of the molecule is COc1ccc(-c2nc(C)c(C(C)N)s2)cc1. The second kappa shape index (κ2) is 4.85. The molecule has 0 aliphatic carbocycles. The molecular formula is C13H16N2OS. The number of hydrogen-bond acceptors (Lipinski definition) is 4. The Morgan fingerprint density at radius 2 is 1.94 bits per heavy atom. The van der Waals surface area contributed by atoms with E-state index in [2.05, 4.69) is 4.98 Å². The minimum atomic E-state index is 0.0412. The number of thiazole rings is 1. The van der Waals surface area contributed by atoms with Crippen LogP contribution in [0, 0.1) is 6.92 Å². The van der Waals surface area contributed by atoms with Crippen molar-refractivity contribution < 1.29 is 4.74 Å². The van der Waals surface area contributed by atoms with Gasteiger partial charge in [0.2, 0.25) is 0 Å². The van der Waals surface area contributed by atoms with Crippen molar-refractivity contribution in [1.82, 2.24) is 4.98 Å². The quantitative estimate of drug-likeness (QED) is 0.907. The molecule has 1 aromatic carbocycles. The van der Waals surface area contributed by atoms with Gasteiger partial charge >= 0.3 is 0 Å². The van der Waals surface area contributed by atoms with Crippen molar-refractivity contribution in [2.24, 2.45) is 5.73 Å². The van der Waals surface area contributed by atoms with Gasteiger partial charge in [0.1, 0.15) is 10.8 Å². The Balaban J connectivity index is 2.36. The van der Waals surface area contributed by atoms with Gasteiger partial charge in [-0.05, 0) is 38.1 Å². The van der Waals surface area contributed by atoms with Crippen LogP contribution in [0.3, 0.4) is 0 Å². The number of hydrogen-bond donors (Lipinski definition) is 1. The number of nitrogens with two attached hydrogens (primary N) is 1. The predicted octanol–water partition coefficient (Wildman–Crippen LogP) is 3.15. The molecule has 1 unspecified atom stereocenters. The van der Waals surface area contributed by atoms with Gasteiger partial charge in [0, 0.05) is 16.5 Å². The largest absolute Gasteiger partial charge is 0.497 e. The van der Waals surface area contributed by atoms with E-state index >= 15 is 0 Å². The molecule has 0 fully saturated rings. The molecule has 0 saturated heterocycles. The van der Waals surface area contributed by atoms with Gasteiger partial charge in [-0.2, -0.15) is 0 Å². The average molecular weight is 248 g/mol. The molecule has 0 radical (unpaired) electrons. The van der Waals surface area contributed by atoms with Crippen LogP contribution in [0.15, 0.2) is 24.3 Å². The number of nitrogens with zero attached hydrogens (tertiary/aromatic N) is 1. The number of methoxy groups -OCH3 is 1. The smallest absolute Gasteiger partial charge is 0.123 e. The van der Waals surface area contributed by atoms with E-state index in [0.29, 0.717) is 0 Å². The van der Waals surface area contributed by atoms with Gasteiger partial charge in [0.05, 0.1) is 12.8 Å². The third kappa shape index (κ3) is 2.48. The summed E-state index contributed by atoms with van der Waals surface area (Å²) >= 11 is 1.66. The maximum absolute atomic E-state index is 5.90. The van der Waals surface area contributed by atoms with Gasteiger partial charge in [-0.1, -0.05) is 0 Å². The molecule has 0 aliphatic rings. The number of rotatable bonds is 3. The maximum Gasteiger partial charge on any atom is 0.123 e. The number of ether oxygens (including phenoxy) is 1. The van der Waals surface area contributed by atoms with Crippen molar-refractivity contribution in [1.29, 1.82) is 0 Å². The zero-order valence-corrected chi connectivity index (χ0v) is 11.0. The summed E-state index contributed by atoms with van der Waals surface area (Å²) in [6.45, 7) is 3.99. The molecule has 0 spiro atoms. The topological polar surface area (TPSA) is 48.1 Å². The fourth-order valence-corrected chi connectivity index (χ4v) is 2.71. The van der Waals surface area contributed by atoms with Crippen LogP contribution in [0.25, 0.3) is 10.6 Å². The Labute approximate surface area is 105 Å². The molecule has 17 heavy (non-hydrogen) atoms. The van der Waals surface area contributed by atoms with Gasteiger partial charge in [0.25, 0.3) is 0 Å². The Morgan fingerprint density at radius 3 is 2.41 bits per heavy atom. The summed E-state index contributed by atoms with van der Waals surface area (Å²) in [5.74, 6) is 0.856. The first-order valence-corrected chi connectivity index (χ1v) is 6.31. The van der Waals surface area contributed by atoms with Gasteiger partial charge in [-0.25, -0.2) is 4.98 Å². The molecule has 2 rings (SSSR count). The minimum Gasteiger partial charge on any atom is -0.497 e. The monoisotopic (exact) mass is 248 g/mol. The number of benzene rings is 1. The fraction of sp³-hybridized carbons (Fsp3) is 0.308. The Morgan fingerprint density at radius 1 is 1.29 bits per heavy atom. The maximum atomic E-state index is 5.90. The normalized spacial score (nSPS) is 12.5. The van der Waals surface area contributed by atoms with Crippen LogP contribution >= 0.6 is 11.3 Å². The van der Waals surface area contributed by atoms with E-state index in [0.717, 1.165) is 26.9 Å². The summed E-state index contributed by atoms with van der Waals surface area (Å²) in [5, 5.41) is 1.01. The van der Waals surface area contributed by atoms with Gasteiger partial charge in [0.15, 0.2) is 0 Å². The molecule has 4 heteroatoms. The van der Waals surface area contributed by atoms with Crippen molar-refractivity contribution in [2.45, 2.75) is 19.9 Å². The summed E-state index contributed by atoms with van der Waals surface area (Å²) < 4.78 is 5.14. The van der Waals surface area contributed by atoms with E-state index in [4.69, 9.17) is 10.5 Å². The van der Waals surface area contributed by atoms with E-state index in [1.165, 1.54) is 0 Å². The summed E-state index contributed by atoms with van der Waals surface area (Å²) in [7, 11) is 1.66. The molecule has 0 aliphatic heterocycles. The van der Waals surface area contributed by atoms with E-state index in [-0.39, 0.29) is 6.04 Å². The van der Waals surface area contributed by atoms with E-state index in [9.17, 15) is 0 Å². The lowest BCUT2D eigenvalue weighted by atomic mass is 10.2. The summed E-state index contributed by atoms with van der Waals surface area (Å²) in [6, 6.07) is 7.96. The molecule has 0 saturated carbocycles. The lowest BCUT2D eigenvalue weighted by Crippen LogP contribution is -2.03. The van der Waals surface area contributed by atoms with Crippen LogP contribution in [-0.4, -0.2) is 12.1 Å². The first-order valence-electron chi connectivity index (χ1n) is 5.49. The van der Waals surface area contributed by atoms with Crippen molar-refractivity contribution in [3.8, 4) is 16.3 Å². The number of aryl methyl sites for hydroxylation is 1. The van der Waals surface area contributed by atoms with Crippen LogP contribution in [-0.2, 0) is 0 Å². The highest BCUT2D eigenvalue weighted by molar-refractivity contribution is 7.15. The first-order chi connectivity index (χ1) is 8.11. The van der Waals surface area contributed by atoms with E-state index in [1.807, 2.05) is 38.1 Å². The zero-order valence-electron chi connectivity index (χ0n) is 10.2. The lowest BCUT2D eigenvalue weighted by Gasteiger charge is -2.01. The van der Waals surface area contributed by atoms with Crippen LogP contribution in [0.5, 0.6) is 5.75 Å². The summed E-state index contributed by atoms with van der Waals surface area (Å²) in [5.41, 5.74) is 8.03. The van der Waals surface area contributed by atoms with Crippen LogP contribution < -0.4 is 10.5 Å². The van der Waals surface area contributed by atoms with Crippen molar-refractivity contribution in [3.63, 3.8) is 0 Å². The lowest BCUT2D eigenvalue weighted by molar-refractivity contribution is 0.415. The molecule has 3 nitrogen and oxygen atoms in total. The third-order valence-corrected chi connectivity index (χ3v) is 3.99. The minimum absolute atomic E-state index is 0.0412. The van der Waals surface area contributed by atoms with Crippen molar-refractivity contribution in [3.05, 3.63) is 34.8 Å². The highest BCUT2D eigenvalue weighted by Crippen LogP contribution is 2.31. The Bertz CT molecular complexity index is 503. The van der Waals surface area contributed by atoms with Gasteiger partial charge in [-0.15, -0.1) is 11.3 Å². The average Bonchev–Trinajstić information content (AvgIpc) is 2.71. The van der Waals surface area contributed by atoms with Crippen LogP contribution in [0.4, 0.5) is 0 Å². The molecule has 1 heterocycles. The van der Waals surface area contributed by atoms with E-state index < -0.39 is 0 Å². The van der Waals surface area contributed by atoms with Gasteiger partial charge in [-0.3, -0.25) is 0 Å². The summed E-state index contributed by atoms with van der Waals surface area (Å²) in [4.78, 5) is 5.70. The van der Waals surface area contributed by atoms with Crippen molar-refractivity contribution in [2.75, 3.05) is 7.11 Å². The fourth-order valence-electron chi connectivity index (χ4n) is 1.69. The highest BCUT2D eigenvalue weighted by Gasteiger charge is 2.12. The molecule has 2 N–H and O–H groups in total. The third-order valence-electron chi connectivity index (χ3n) is 2.58. The second-order valence-electron chi connectivity index (χ2n) is 3.99. The van der Waals surface area contributed by atoms with E-state index in [1.54, 1.807) is 18.4 Å². The van der Waals surface area contributed by atoms with Crippen molar-refractivity contribution >= 4 is 11.3 Å². The Hall–Kier alpha value is -1.39.